The minimum atomic E-state index is -0.0286. The highest BCUT2D eigenvalue weighted by molar-refractivity contribution is 8.21. The van der Waals surface area contributed by atoms with Gasteiger partial charge in [0.2, 0.25) is 0 Å². The van der Waals surface area contributed by atoms with Gasteiger partial charge in [0.15, 0.2) is 0 Å². The van der Waals surface area contributed by atoms with Gasteiger partial charge in [-0.2, -0.15) is 5.26 Å². The first-order chi connectivity index (χ1) is 11.7. The zero-order valence-corrected chi connectivity index (χ0v) is 15.2. The zero-order valence-electron chi connectivity index (χ0n) is 13.6. The van der Waals surface area contributed by atoms with Crippen LogP contribution in [0.1, 0.15) is 36.8 Å². The maximum Gasteiger partial charge on any atom is 0.309 e. The van der Waals surface area contributed by atoms with Crippen molar-refractivity contribution < 1.29 is 9.53 Å². The number of benzene rings is 1. The average molecular weight is 360 g/mol. The van der Waals surface area contributed by atoms with Gasteiger partial charge in [0.25, 0.3) is 0 Å². The van der Waals surface area contributed by atoms with Crippen LogP contribution in [0.25, 0.3) is 0 Å². The van der Waals surface area contributed by atoms with E-state index in [-0.39, 0.29) is 11.9 Å². The molecule has 1 saturated heterocycles. The Hall–Kier alpha value is -1.12. The van der Waals surface area contributed by atoms with E-state index in [1.54, 1.807) is 12.1 Å². The van der Waals surface area contributed by atoms with Crippen LogP contribution in [-0.2, 0) is 16.1 Å². The van der Waals surface area contributed by atoms with E-state index in [2.05, 4.69) is 29.6 Å². The first-order valence-corrected chi connectivity index (χ1v) is 10.6. The highest BCUT2D eigenvalue weighted by Gasteiger charge is 2.57. The summed E-state index contributed by atoms with van der Waals surface area (Å²) in [5, 5.41) is 8.82. The van der Waals surface area contributed by atoms with Gasteiger partial charge >= 0.3 is 5.97 Å². The third-order valence-electron chi connectivity index (χ3n) is 5.68. The van der Waals surface area contributed by atoms with E-state index >= 15 is 0 Å². The first kappa shape index (κ1) is 16.4. The van der Waals surface area contributed by atoms with Crippen LogP contribution in [0.2, 0.25) is 0 Å². The number of esters is 1. The van der Waals surface area contributed by atoms with Gasteiger partial charge in [-0.25, -0.2) is 0 Å². The summed E-state index contributed by atoms with van der Waals surface area (Å²) in [6, 6.07) is 9.35. The van der Waals surface area contributed by atoms with E-state index in [4.69, 9.17) is 10.00 Å². The molecule has 2 atom stereocenters. The molecule has 3 nitrogen and oxygen atoms in total. The van der Waals surface area contributed by atoms with Crippen LogP contribution in [0.15, 0.2) is 24.3 Å². The molecule has 5 heteroatoms. The molecule has 2 unspecified atom stereocenters. The normalized spacial score (nSPS) is 30.2. The fraction of sp³-hybridized carbons (Fsp3) is 0.579. The van der Waals surface area contributed by atoms with Gasteiger partial charge in [-0.05, 0) is 55.2 Å². The monoisotopic (exact) mass is 359 g/mol. The standard InChI is InChI=1S/C19H21NO2S2/c20-11-13-1-3-14(4-2-13)12-22-18(21)15-9-16-5-6-17(10-15)19(16)23-7-8-24-19/h1-4,15-17H,5-10,12H2. The fourth-order valence-electron chi connectivity index (χ4n) is 4.54. The Morgan fingerprint density at radius 1 is 1.17 bits per heavy atom. The van der Waals surface area contributed by atoms with E-state index in [0.717, 1.165) is 18.4 Å². The minimum Gasteiger partial charge on any atom is -0.461 e. The highest BCUT2D eigenvalue weighted by atomic mass is 32.2. The third kappa shape index (κ3) is 2.84. The first-order valence-electron chi connectivity index (χ1n) is 8.65. The van der Waals surface area contributed by atoms with Crippen molar-refractivity contribution in [1.82, 2.24) is 0 Å². The third-order valence-corrected chi connectivity index (χ3v) is 9.69. The van der Waals surface area contributed by atoms with Crippen LogP contribution in [-0.4, -0.2) is 21.6 Å². The van der Waals surface area contributed by atoms with Gasteiger partial charge in [0.05, 0.1) is 21.6 Å². The number of nitriles is 1. The molecule has 0 amide bonds. The van der Waals surface area contributed by atoms with Gasteiger partial charge in [-0.1, -0.05) is 12.1 Å². The predicted octanol–water partition coefficient (Wildman–Crippen LogP) is 4.21. The summed E-state index contributed by atoms with van der Waals surface area (Å²) in [6.07, 6.45) is 4.57. The van der Waals surface area contributed by atoms with Crippen molar-refractivity contribution in [2.75, 3.05) is 11.5 Å². The molecule has 3 aliphatic rings. The number of rotatable bonds is 3. The highest BCUT2D eigenvalue weighted by Crippen LogP contribution is 2.65. The molecule has 0 radical (unpaired) electrons. The molecule has 126 valence electrons. The lowest BCUT2D eigenvalue weighted by atomic mass is 9.80. The average Bonchev–Trinajstić information content (AvgIpc) is 3.15. The summed E-state index contributed by atoms with van der Waals surface area (Å²) in [4.78, 5) is 12.5. The smallest absolute Gasteiger partial charge is 0.309 e. The second kappa shape index (κ2) is 6.65. The SMILES string of the molecule is N#Cc1ccc(COC(=O)C2CC3CCC(C2)C32SCCS2)cc1. The summed E-state index contributed by atoms with van der Waals surface area (Å²) in [5.41, 5.74) is 1.57. The van der Waals surface area contributed by atoms with Crippen molar-refractivity contribution in [3.63, 3.8) is 0 Å². The minimum absolute atomic E-state index is 0.0286. The topological polar surface area (TPSA) is 50.1 Å². The summed E-state index contributed by atoms with van der Waals surface area (Å²) in [7, 11) is 0. The quantitative estimate of drug-likeness (QED) is 0.757. The summed E-state index contributed by atoms with van der Waals surface area (Å²) in [5.74, 6) is 3.95. The molecule has 1 aromatic rings. The van der Waals surface area contributed by atoms with Gasteiger partial charge in [-0.3, -0.25) is 4.79 Å². The number of carbonyl (C=O) groups is 1. The number of nitrogens with zero attached hydrogens (tertiary/aromatic N) is 1. The van der Waals surface area contributed by atoms with Crippen molar-refractivity contribution in [2.45, 2.75) is 36.4 Å². The Balaban J connectivity index is 1.35. The Morgan fingerprint density at radius 2 is 1.79 bits per heavy atom. The molecule has 24 heavy (non-hydrogen) atoms. The van der Waals surface area contributed by atoms with Crippen LogP contribution < -0.4 is 0 Å². The lowest BCUT2D eigenvalue weighted by Crippen LogP contribution is -2.40. The van der Waals surface area contributed by atoms with Crippen LogP contribution in [0.5, 0.6) is 0 Å². The second-order valence-corrected chi connectivity index (χ2v) is 9.98. The largest absolute Gasteiger partial charge is 0.461 e. The second-order valence-electron chi connectivity index (χ2n) is 6.97. The van der Waals surface area contributed by atoms with Crippen LogP contribution >= 0.6 is 23.5 Å². The van der Waals surface area contributed by atoms with Crippen LogP contribution in [0.4, 0.5) is 0 Å². The molecule has 3 fully saturated rings. The molecule has 1 aliphatic heterocycles. The van der Waals surface area contributed by atoms with Crippen molar-refractivity contribution in [3.8, 4) is 6.07 Å². The van der Waals surface area contributed by atoms with Crippen molar-refractivity contribution in [2.24, 2.45) is 17.8 Å². The van der Waals surface area contributed by atoms with Gasteiger partial charge in [0, 0.05) is 11.5 Å². The van der Waals surface area contributed by atoms with Crippen LogP contribution in [0, 0.1) is 29.1 Å². The van der Waals surface area contributed by atoms with E-state index in [1.165, 1.54) is 24.3 Å². The Kier molecular flexibility index (Phi) is 4.53. The number of ether oxygens (including phenoxy) is 1. The number of carbonyl (C=O) groups excluding carboxylic acids is 1. The van der Waals surface area contributed by atoms with Gasteiger partial charge in [0.1, 0.15) is 6.61 Å². The lowest BCUT2D eigenvalue weighted by molar-refractivity contribution is -0.151. The zero-order chi connectivity index (χ0) is 16.6. The lowest BCUT2D eigenvalue weighted by Gasteiger charge is -2.42. The van der Waals surface area contributed by atoms with Crippen molar-refractivity contribution in [1.29, 1.82) is 5.26 Å². The maximum absolute atomic E-state index is 12.5. The van der Waals surface area contributed by atoms with E-state index < -0.39 is 0 Å². The van der Waals surface area contributed by atoms with Crippen molar-refractivity contribution >= 4 is 29.5 Å². The number of thioether (sulfide) groups is 2. The summed E-state index contributed by atoms with van der Waals surface area (Å²) in [6.45, 7) is 0.311. The molecule has 1 spiro atoms. The summed E-state index contributed by atoms with van der Waals surface area (Å²) >= 11 is 4.31. The van der Waals surface area contributed by atoms with Crippen molar-refractivity contribution in [3.05, 3.63) is 35.4 Å². The molecule has 2 saturated carbocycles. The number of hydrogen-bond acceptors (Lipinski definition) is 5. The molecular weight excluding hydrogens is 338 g/mol. The fourth-order valence-corrected chi connectivity index (χ4v) is 8.48. The molecular formula is C19H21NO2S2. The molecule has 1 heterocycles. The molecule has 0 N–H and O–H groups in total. The van der Waals surface area contributed by atoms with E-state index in [9.17, 15) is 4.79 Å². The molecule has 2 bridgehead atoms. The predicted molar refractivity (Wildman–Crippen MR) is 97.5 cm³/mol. The Bertz CT molecular complexity index is 645. The van der Waals surface area contributed by atoms with E-state index in [1.807, 2.05) is 12.1 Å². The maximum atomic E-state index is 12.5. The molecule has 1 aromatic carbocycles. The van der Waals surface area contributed by atoms with Gasteiger partial charge < -0.3 is 4.74 Å². The van der Waals surface area contributed by atoms with Gasteiger partial charge in [-0.15, -0.1) is 23.5 Å². The molecule has 0 aromatic heterocycles. The molecule has 4 rings (SSSR count). The summed E-state index contributed by atoms with van der Waals surface area (Å²) < 4.78 is 6.00. The Morgan fingerprint density at radius 3 is 2.38 bits per heavy atom. The number of hydrogen-bond donors (Lipinski definition) is 0. The Labute approximate surface area is 151 Å². The van der Waals surface area contributed by atoms with Crippen LogP contribution in [0.3, 0.4) is 0 Å². The van der Waals surface area contributed by atoms with E-state index in [0.29, 0.717) is 28.1 Å². The molecule has 2 aliphatic carbocycles.